The molecule has 1 heterocycles. The lowest BCUT2D eigenvalue weighted by Crippen LogP contribution is -2.34. The van der Waals surface area contributed by atoms with E-state index in [4.69, 9.17) is 11.6 Å². The van der Waals surface area contributed by atoms with Gasteiger partial charge in [0.05, 0.1) is 11.1 Å². The molecule has 0 radical (unpaired) electrons. The van der Waals surface area contributed by atoms with Gasteiger partial charge in [0, 0.05) is 35.8 Å². The van der Waals surface area contributed by atoms with Crippen LogP contribution in [-0.2, 0) is 0 Å². The molecule has 0 fully saturated rings. The van der Waals surface area contributed by atoms with Gasteiger partial charge in [-0.25, -0.2) is 0 Å². The van der Waals surface area contributed by atoms with Crippen LogP contribution < -0.4 is 10.6 Å². The summed E-state index contributed by atoms with van der Waals surface area (Å²) in [7, 11) is 0. The number of carbonyl (C=O) groups excluding carboxylic acids is 4. The van der Waals surface area contributed by atoms with E-state index in [1.54, 1.807) is 24.3 Å². The summed E-state index contributed by atoms with van der Waals surface area (Å²) in [5.41, 5.74) is 1.31. The van der Waals surface area contributed by atoms with Gasteiger partial charge < -0.3 is 10.6 Å². The Hall–Kier alpha value is -3.19. The zero-order valence-electron chi connectivity index (χ0n) is 16.7. The van der Waals surface area contributed by atoms with Gasteiger partial charge in [0.2, 0.25) is 0 Å². The van der Waals surface area contributed by atoms with Crippen molar-refractivity contribution in [2.75, 3.05) is 19.6 Å². The molecular formula is C22H22ClN3O4. The van der Waals surface area contributed by atoms with Crippen LogP contribution in [0.4, 0.5) is 0 Å². The molecule has 2 aromatic rings. The topological polar surface area (TPSA) is 95.6 Å². The second kappa shape index (κ2) is 9.09. The molecule has 1 aliphatic rings. The predicted octanol–water partition coefficient (Wildman–Crippen LogP) is 2.75. The first kappa shape index (κ1) is 21.5. The van der Waals surface area contributed by atoms with Gasteiger partial charge in [-0.1, -0.05) is 25.4 Å². The molecule has 156 valence electrons. The fraction of sp³-hybridized carbons (Fsp3) is 0.273. The molecule has 0 aliphatic carbocycles. The minimum atomic E-state index is -0.388. The quantitative estimate of drug-likeness (QED) is 0.524. The van der Waals surface area contributed by atoms with Crippen LogP contribution in [0, 0.1) is 5.92 Å². The summed E-state index contributed by atoms with van der Waals surface area (Å²) in [5.74, 6) is -1.22. The maximum atomic E-state index is 12.5. The molecule has 1 aliphatic heterocycles. The van der Waals surface area contributed by atoms with E-state index in [1.165, 1.54) is 23.1 Å². The van der Waals surface area contributed by atoms with E-state index in [-0.39, 0.29) is 53.8 Å². The van der Waals surface area contributed by atoms with Crippen LogP contribution in [-0.4, -0.2) is 48.2 Å². The lowest BCUT2D eigenvalue weighted by atomic mass is 10.1. The highest BCUT2D eigenvalue weighted by Gasteiger charge is 2.36. The fourth-order valence-electron chi connectivity index (χ4n) is 3.12. The molecule has 0 unspecified atom stereocenters. The first-order valence-corrected chi connectivity index (χ1v) is 9.98. The van der Waals surface area contributed by atoms with Crippen molar-refractivity contribution in [1.82, 2.24) is 15.5 Å². The number of carbonyl (C=O) groups is 4. The predicted molar refractivity (Wildman–Crippen MR) is 113 cm³/mol. The Kier molecular flexibility index (Phi) is 6.52. The molecule has 3 rings (SSSR count). The number of imide groups is 1. The largest absolute Gasteiger partial charge is 0.350 e. The van der Waals surface area contributed by atoms with Crippen molar-refractivity contribution in [3.8, 4) is 0 Å². The Morgan fingerprint density at radius 3 is 2.00 bits per heavy atom. The third-order valence-corrected chi connectivity index (χ3v) is 4.84. The average molecular weight is 428 g/mol. The van der Waals surface area contributed by atoms with Gasteiger partial charge in [0.15, 0.2) is 0 Å². The van der Waals surface area contributed by atoms with Crippen molar-refractivity contribution in [2.24, 2.45) is 5.92 Å². The normalized spacial score (nSPS) is 12.9. The monoisotopic (exact) mass is 427 g/mol. The van der Waals surface area contributed by atoms with Crippen LogP contribution in [0.1, 0.15) is 55.3 Å². The van der Waals surface area contributed by atoms with E-state index in [0.717, 1.165) is 0 Å². The van der Waals surface area contributed by atoms with Crippen molar-refractivity contribution in [3.05, 3.63) is 69.7 Å². The van der Waals surface area contributed by atoms with Crippen LogP contribution in [0.15, 0.2) is 42.5 Å². The molecule has 0 aromatic heterocycles. The van der Waals surface area contributed by atoms with Crippen LogP contribution in [0.5, 0.6) is 0 Å². The Bertz CT molecular complexity index is 1000. The van der Waals surface area contributed by atoms with Crippen molar-refractivity contribution in [3.63, 3.8) is 0 Å². The number of benzene rings is 2. The van der Waals surface area contributed by atoms with Crippen molar-refractivity contribution >= 4 is 35.2 Å². The third-order valence-electron chi connectivity index (χ3n) is 4.58. The zero-order chi connectivity index (χ0) is 21.8. The number of nitrogens with zero attached hydrogens (tertiary/aromatic N) is 1. The van der Waals surface area contributed by atoms with Gasteiger partial charge in [-0.15, -0.1) is 0 Å². The number of fused-ring (bicyclic) bond motifs is 1. The molecule has 0 atom stereocenters. The standard InChI is InChI=1S/C22H22ClN3O4/c1-13(2)12-26-21(29)17-8-5-15(11-18(17)22(26)30)20(28)25-10-9-24-19(27)14-3-6-16(23)7-4-14/h3-8,11,13H,9-10,12H2,1-2H3,(H,24,27)(H,25,28). The van der Waals surface area contributed by atoms with Gasteiger partial charge in [-0.3, -0.25) is 24.1 Å². The summed E-state index contributed by atoms with van der Waals surface area (Å²) in [6.07, 6.45) is 0. The first-order chi connectivity index (χ1) is 14.3. The van der Waals surface area contributed by atoms with Crippen LogP contribution in [0.3, 0.4) is 0 Å². The summed E-state index contributed by atoms with van der Waals surface area (Å²) in [6.45, 7) is 4.63. The molecule has 0 bridgehead atoms. The minimum absolute atomic E-state index is 0.151. The number of halogens is 1. The fourth-order valence-corrected chi connectivity index (χ4v) is 3.25. The second-order valence-electron chi connectivity index (χ2n) is 7.39. The SMILES string of the molecule is CC(C)CN1C(=O)c2ccc(C(=O)NCCNC(=O)c3ccc(Cl)cc3)cc2C1=O. The maximum Gasteiger partial charge on any atom is 0.261 e. The van der Waals surface area contributed by atoms with E-state index < -0.39 is 0 Å². The van der Waals surface area contributed by atoms with E-state index in [0.29, 0.717) is 22.7 Å². The second-order valence-corrected chi connectivity index (χ2v) is 7.83. The molecule has 2 N–H and O–H groups in total. The highest BCUT2D eigenvalue weighted by molar-refractivity contribution is 6.30. The molecule has 7 nitrogen and oxygen atoms in total. The van der Waals surface area contributed by atoms with Crippen LogP contribution in [0.2, 0.25) is 5.02 Å². The maximum absolute atomic E-state index is 12.5. The summed E-state index contributed by atoms with van der Waals surface area (Å²) < 4.78 is 0. The first-order valence-electron chi connectivity index (χ1n) is 9.60. The van der Waals surface area contributed by atoms with Crippen LogP contribution >= 0.6 is 11.6 Å². The van der Waals surface area contributed by atoms with Crippen molar-refractivity contribution in [2.45, 2.75) is 13.8 Å². The minimum Gasteiger partial charge on any atom is -0.350 e. The summed E-state index contributed by atoms with van der Waals surface area (Å²) in [6, 6.07) is 10.9. The zero-order valence-corrected chi connectivity index (χ0v) is 17.5. The number of hydrogen-bond acceptors (Lipinski definition) is 4. The van der Waals surface area contributed by atoms with Crippen molar-refractivity contribution < 1.29 is 19.2 Å². The molecule has 0 saturated heterocycles. The van der Waals surface area contributed by atoms with Gasteiger partial charge >= 0.3 is 0 Å². The Morgan fingerprint density at radius 1 is 0.867 bits per heavy atom. The van der Waals surface area contributed by atoms with E-state index >= 15 is 0 Å². The molecule has 2 aromatic carbocycles. The molecule has 0 spiro atoms. The van der Waals surface area contributed by atoms with E-state index in [1.807, 2.05) is 13.8 Å². The Morgan fingerprint density at radius 2 is 1.40 bits per heavy atom. The third kappa shape index (κ3) is 4.68. The number of hydrogen-bond donors (Lipinski definition) is 2. The van der Waals surface area contributed by atoms with Crippen LogP contribution in [0.25, 0.3) is 0 Å². The molecule has 8 heteroatoms. The summed E-state index contributed by atoms with van der Waals surface area (Å²) in [5, 5.41) is 5.93. The highest BCUT2D eigenvalue weighted by Crippen LogP contribution is 2.24. The smallest absolute Gasteiger partial charge is 0.261 e. The van der Waals surface area contributed by atoms with Gasteiger partial charge in [-0.2, -0.15) is 0 Å². The summed E-state index contributed by atoms with van der Waals surface area (Å²) >= 11 is 5.80. The number of amides is 4. The number of rotatable bonds is 7. The summed E-state index contributed by atoms with van der Waals surface area (Å²) in [4.78, 5) is 50.6. The number of nitrogens with one attached hydrogen (secondary N) is 2. The van der Waals surface area contributed by atoms with Gasteiger partial charge in [0.25, 0.3) is 23.6 Å². The van der Waals surface area contributed by atoms with E-state index in [9.17, 15) is 19.2 Å². The molecule has 30 heavy (non-hydrogen) atoms. The van der Waals surface area contributed by atoms with Gasteiger partial charge in [-0.05, 0) is 48.4 Å². The molecular weight excluding hydrogens is 406 g/mol. The Labute approximate surface area is 179 Å². The van der Waals surface area contributed by atoms with E-state index in [2.05, 4.69) is 10.6 Å². The lowest BCUT2D eigenvalue weighted by molar-refractivity contribution is 0.0635. The molecule has 0 saturated carbocycles. The van der Waals surface area contributed by atoms with Gasteiger partial charge in [0.1, 0.15) is 0 Å². The average Bonchev–Trinajstić information content (AvgIpc) is 2.95. The highest BCUT2D eigenvalue weighted by atomic mass is 35.5. The Balaban J connectivity index is 1.55. The lowest BCUT2D eigenvalue weighted by Gasteiger charge is -2.15. The van der Waals surface area contributed by atoms with Crippen molar-refractivity contribution in [1.29, 1.82) is 0 Å². The molecule has 4 amide bonds.